The number of nitrogen functional groups attached to an aromatic ring is 1. The van der Waals surface area contributed by atoms with Crippen molar-refractivity contribution in [1.82, 2.24) is 10.5 Å². The van der Waals surface area contributed by atoms with Gasteiger partial charge in [0.1, 0.15) is 11.3 Å². The van der Waals surface area contributed by atoms with Crippen molar-refractivity contribution in [1.29, 1.82) is 0 Å². The molecule has 30 heavy (non-hydrogen) atoms. The van der Waals surface area contributed by atoms with E-state index in [2.05, 4.69) is 50.7 Å². The molecule has 2 aromatic heterocycles. The third kappa shape index (κ3) is 4.47. The minimum absolute atomic E-state index is 0.0229. The van der Waals surface area contributed by atoms with Crippen LogP contribution < -0.4 is 11.1 Å². The van der Waals surface area contributed by atoms with E-state index in [4.69, 9.17) is 10.3 Å². The van der Waals surface area contributed by atoms with Gasteiger partial charge < -0.3 is 15.6 Å². The molecule has 5 nitrogen and oxygen atoms in total. The van der Waals surface area contributed by atoms with Crippen LogP contribution in [0.2, 0.25) is 0 Å². The van der Waals surface area contributed by atoms with Gasteiger partial charge in [0.2, 0.25) is 5.88 Å². The number of halogens is 1. The van der Waals surface area contributed by atoms with E-state index in [1.54, 1.807) is 0 Å². The lowest BCUT2D eigenvalue weighted by atomic mass is 9.88. The number of carbonyl (C=O) groups excluding carboxylic acids is 1. The van der Waals surface area contributed by atoms with Gasteiger partial charge in [0.05, 0.1) is 8.66 Å². The Morgan fingerprint density at radius 3 is 2.23 bits per heavy atom. The SMILES string of the molecule is Nc1onc(-c2ccc(Br)s2)c1C(=O)NCCC(c1ccccc1)c1ccccc1. The van der Waals surface area contributed by atoms with Crippen LogP contribution >= 0.6 is 27.3 Å². The fourth-order valence-corrected chi connectivity index (χ4v) is 4.82. The van der Waals surface area contributed by atoms with Crippen molar-refractivity contribution in [2.45, 2.75) is 12.3 Å². The van der Waals surface area contributed by atoms with Crippen LogP contribution in [-0.4, -0.2) is 17.6 Å². The molecule has 0 fully saturated rings. The van der Waals surface area contributed by atoms with Crippen LogP contribution in [0.3, 0.4) is 0 Å². The van der Waals surface area contributed by atoms with E-state index in [0.717, 1.165) is 15.1 Å². The summed E-state index contributed by atoms with van der Waals surface area (Å²) in [7, 11) is 0. The maximum absolute atomic E-state index is 12.9. The summed E-state index contributed by atoms with van der Waals surface area (Å²) in [6, 6.07) is 24.4. The van der Waals surface area contributed by atoms with Gasteiger partial charge in [-0.3, -0.25) is 4.79 Å². The molecule has 7 heteroatoms. The lowest BCUT2D eigenvalue weighted by Crippen LogP contribution is -2.26. The standard InChI is InChI=1S/C23H20BrN3O2S/c24-19-12-11-18(30-19)21-20(22(25)29-27-21)23(28)26-14-13-17(15-7-3-1-4-8-15)16-9-5-2-6-10-16/h1-12,17H,13-14,25H2,(H,26,28). The van der Waals surface area contributed by atoms with Gasteiger partial charge in [-0.05, 0) is 45.6 Å². The minimum atomic E-state index is -0.284. The summed E-state index contributed by atoms with van der Waals surface area (Å²) in [5.74, 6) is -0.0805. The van der Waals surface area contributed by atoms with E-state index in [9.17, 15) is 4.79 Å². The van der Waals surface area contributed by atoms with E-state index in [-0.39, 0.29) is 23.3 Å². The quantitative estimate of drug-likeness (QED) is 0.354. The second-order valence-corrected chi connectivity index (χ2v) is 9.26. The average molecular weight is 482 g/mol. The number of nitrogens with two attached hydrogens (primary N) is 1. The predicted molar refractivity (Wildman–Crippen MR) is 124 cm³/mol. The van der Waals surface area contributed by atoms with Crippen molar-refractivity contribution in [3.63, 3.8) is 0 Å². The molecule has 0 aliphatic rings. The van der Waals surface area contributed by atoms with Crippen molar-refractivity contribution in [3.8, 4) is 10.6 Å². The van der Waals surface area contributed by atoms with Crippen LogP contribution in [0.25, 0.3) is 10.6 Å². The Bertz CT molecular complexity index is 1090. The fourth-order valence-electron chi connectivity index (χ4n) is 3.45. The molecule has 1 amide bonds. The van der Waals surface area contributed by atoms with Crippen LogP contribution in [0, 0.1) is 0 Å². The summed E-state index contributed by atoms with van der Waals surface area (Å²) in [6.07, 6.45) is 0.755. The molecule has 0 bridgehead atoms. The Morgan fingerprint density at radius 2 is 1.67 bits per heavy atom. The van der Waals surface area contributed by atoms with Gasteiger partial charge in [-0.15, -0.1) is 11.3 Å². The Labute approximate surface area is 187 Å². The number of benzene rings is 2. The Hall–Kier alpha value is -2.90. The molecule has 0 spiro atoms. The second-order valence-electron chi connectivity index (χ2n) is 6.79. The summed E-state index contributed by atoms with van der Waals surface area (Å²) >= 11 is 4.90. The van der Waals surface area contributed by atoms with E-state index in [0.29, 0.717) is 12.2 Å². The first kappa shape index (κ1) is 20.4. The number of aromatic nitrogens is 1. The molecule has 0 aliphatic carbocycles. The summed E-state index contributed by atoms with van der Waals surface area (Å²) < 4.78 is 6.05. The molecule has 2 heterocycles. The third-order valence-electron chi connectivity index (χ3n) is 4.87. The maximum Gasteiger partial charge on any atom is 0.259 e. The molecule has 2 aromatic carbocycles. The van der Waals surface area contributed by atoms with Gasteiger partial charge in [-0.25, -0.2) is 0 Å². The highest BCUT2D eigenvalue weighted by molar-refractivity contribution is 9.11. The van der Waals surface area contributed by atoms with E-state index >= 15 is 0 Å². The number of nitrogens with zero attached hydrogens (tertiary/aromatic N) is 1. The van der Waals surface area contributed by atoms with Gasteiger partial charge in [0.25, 0.3) is 5.91 Å². The van der Waals surface area contributed by atoms with Crippen LogP contribution in [0.5, 0.6) is 0 Å². The van der Waals surface area contributed by atoms with Crippen molar-refractivity contribution in [3.05, 3.63) is 93.3 Å². The van der Waals surface area contributed by atoms with Crippen molar-refractivity contribution in [2.24, 2.45) is 0 Å². The van der Waals surface area contributed by atoms with Crippen LogP contribution in [0.1, 0.15) is 33.8 Å². The molecule has 0 saturated carbocycles. The third-order valence-corrected chi connectivity index (χ3v) is 6.50. The lowest BCUT2D eigenvalue weighted by molar-refractivity contribution is 0.0954. The highest BCUT2D eigenvalue weighted by atomic mass is 79.9. The Balaban J connectivity index is 1.49. The first-order chi connectivity index (χ1) is 14.6. The fraction of sp³-hybridized carbons (Fsp3) is 0.130. The topological polar surface area (TPSA) is 81.2 Å². The maximum atomic E-state index is 12.9. The zero-order valence-electron chi connectivity index (χ0n) is 16.0. The second kappa shape index (κ2) is 9.28. The molecule has 4 aromatic rings. The molecule has 0 unspecified atom stereocenters. The molecular weight excluding hydrogens is 462 g/mol. The number of hydrogen-bond acceptors (Lipinski definition) is 5. The number of rotatable bonds is 7. The summed E-state index contributed by atoms with van der Waals surface area (Å²) in [4.78, 5) is 13.7. The predicted octanol–water partition coefficient (Wildman–Crippen LogP) is 5.70. The smallest absolute Gasteiger partial charge is 0.259 e. The zero-order chi connectivity index (χ0) is 20.9. The van der Waals surface area contributed by atoms with Gasteiger partial charge in [0, 0.05) is 12.5 Å². The average Bonchev–Trinajstić information content (AvgIpc) is 3.37. The molecule has 4 rings (SSSR count). The van der Waals surface area contributed by atoms with E-state index < -0.39 is 0 Å². The van der Waals surface area contributed by atoms with E-state index in [1.165, 1.54) is 22.5 Å². The Morgan fingerprint density at radius 1 is 1.03 bits per heavy atom. The molecule has 152 valence electrons. The monoisotopic (exact) mass is 481 g/mol. The van der Waals surface area contributed by atoms with Gasteiger partial charge in [-0.2, -0.15) is 0 Å². The first-order valence-electron chi connectivity index (χ1n) is 9.52. The summed E-state index contributed by atoms with van der Waals surface area (Å²) in [6.45, 7) is 0.492. The lowest BCUT2D eigenvalue weighted by Gasteiger charge is -2.18. The molecule has 0 saturated heterocycles. The van der Waals surface area contributed by atoms with Crippen molar-refractivity contribution >= 4 is 39.1 Å². The number of anilines is 1. The van der Waals surface area contributed by atoms with Crippen LogP contribution in [0.15, 0.2) is 81.1 Å². The number of hydrogen-bond donors (Lipinski definition) is 2. The highest BCUT2D eigenvalue weighted by Gasteiger charge is 2.24. The number of thiophene rings is 1. The number of carbonyl (C=O) groups is 1. The van der Waals surface area contributed by atoms with Gasteiger partial charge in [0.15, 0.2) is 0 Å². The minimum Gasteiger partial charge on any atom is -0.367 e. The van der Waals surface area contributed by atoms with Gasteiger partial charge in [-0.1, -0.05) is 65.8 Å². The van der Waals surface area contributed by atoms with Crippen molar-refractivity contribution < 1.29 is 9.32 Å². The summed E-state index contributed by atoms with van der Waals surface area (Å²) in [5, 5.41) is 6.97. The number of nitrogens with one attached hydrogen (secondary N) is 1. The molecular formula is C23H20BrN3O2S. The number of amides is 1. The highest BCUT2D eigenvalue weighted by Crippen LogP contribution is 2.34. The molecule has 0 radical (unpaired) electrons. The molecule has 3 N–H and O–H groups in total. The largest absolute Gasteiger partial charge is 0.367 e. The summed E-state index contributed by atoms with van der Waals surface area (Å²) in [5.41, 5.74) is 9.07. The molecule has 0 aliphatic heterocycles. The Kier molecular flexibility index (Phi) is 6.30. The van der Waals surface area contributed by atoms with Crippen molar-refractivity contribution in [2.75, 3.05) is 12.3 Å². The normalized spacial score (nSPS) is 11.0. The molecule has 0 atom stereocenters. The zero-order valence-corrected chi connectivity index (χ0v) is 18.4. The van der Waals surface area contributed by atoms with Crippen LogP contribution in [-0.2, 0) is 0 Å². The van der Waals surface area contributed by atoms with Crippen LogP contribution in [0.4, 0.5) is 5.88 Å². The van der Waals surface area contributed by atoms with E-state index in [1.807, 2.05) is 48.5 Å². The van der Waals surface area contributed by atoms with Gasteiger partial charge >= 0.3 is 0 Å². The first-order valence-corrected chi connectivity index (χ1v) is 11.1.